The lowest BCUT2D eigenvalue weighted by molar-refractivity contribution is -0.746. The van der Waals surface area contributed by atoms with Crippen LogP contribution >= 0.6 is 0 Å². The molecule has 6 heteroatoms. The summed E-state index contributed by atoms with van der Waals surface area (Å²) < 4.78 is 6.11. The summed E-state index contributed by atoms with van der Waals surface area (Å²) in [7, 11) is 3.31. The van der Waals surface area contributed by atoms with Gasteiger partial charge in [0.05, 0.1) is 0 Å². The maximum atomic E-state index is 12.3. The third-order valence-corrected chi connectivity index (χ3v) is 3.02. The van der Waals surface area contributed by atoms with E-state index < -0.39 is 5.63 Å². The van der Waals surface area contributed by atoms with Crippen LogP contribution in [-0.2, 0) is 13.6 Å². The van der Waals surface area contributed by atoms with Crippen molar-refractivity contribution in [2.45, 2.75) is 13.5 Å². The second kappa shape index (κ2) is 5.09. The molecule has 0 spiro atoms. The minimum Gasteiger partial charge on any atom is -0.331 e. The van der Waals surface area contributed by atoms with Crippen LogP contribution in [-0.4, -0.2) is 23.1 Å². The van der Waals surface area contributed by atoms with Crippen LogP contribution in [0.15, 0.2) is 33.6 Å². The van der Waals surface area contributed by atoms with E-state index in [1.807, 2.05) is 25.1 Å². The molecule has 0 atom stereocenters. The number of aromatic amines is 1. The van der Waals surface area contributed by atoms with Crippen LogP contribution < -0.4 is 10.3 Å². The summed E-state index contributed by atoms with van der Waals surface area (Å²) in [6.45, 7) is 2.07. The molecule has 0 fully saturated rings. The summed E-state index contributed by atoms with van der Waals surface area (Å²) in [5.74, 6) is -0.126. The third-order valence-electron chi connectivity index (χ3n) is 3.02. The van der Waals surface area contributed by atoms with Gasteiger partial charge >= 0.3 is 11.3 Å². The number of nitrogens with one attached hydrogen (secondary N) is 1. The summed E-state index contributed by atoms with van der Waals surface area (Å²) in [5.41, 5.74) is 1.47. The average molecular weight is 262 g/mol. The Labute approximate surface area is 110 Å². The van der Waals surface area contributed by atoms with Crippen LogP contribution in [0.4, 0.5) is 0 Å². The monoisotopic (exact) mass is 262 g/mol. The number of carbonyl (C=O) groups excluding carboxylic acids is 1. The van der Waals surface area contributed by atoms with Gasteiger partial charge in [0.2, 0.25) is 0 Å². The Bertz CT molecular complexity index is 657. The third kappa shape index (κ3) is 2.57. The number of aryl methyl sites for hydroxylation is 2. The largest absolute Gasteiger partial charge is 0.431 e. The number of nitrogens with zero attached hydrogens (tertiary/aromatic N) is 2. The lowest BCUT2D eigenvalue weighted by Gasteiger charge is -2.15. The van der Waals surface area contributed by atoms with E-state index in [9.17, 15) is 9.59 Å². The number of carbonyl (C=O) groups is 1. The topological polar surface area (TPSA) is 70.2 Å². The number of aromatic nitrogens is 2. The standard InChI is InChI=1S/C13H15N3O3/c1-9-6-4-5-7-10(9)12(17)15(2)8-11-13(18)19-14-16(11)3/h4-7H,8H2,1-3H3/p+1. The SMILES string of the molecule is Cc1ccccc1C(=O)N(C)Cc1c(=O)o[nH][n+]1C. The zero-order valence-corrected chi connectivity index (χ0v) is 11.1. The van der Waals surface area contributed by atoms with Crippen molar-refractivity contribution in [3.05, 3.63) is 51.5 Å². The summed E-state index contributed by atoms with van der Waals surface area (Å²) >= 11 is 0. The van der Waals surface area contributed by atoms with Crippen molar-refractivity contribution >= 4 is 5.91 Å². The van der Waals surface area contributed by atoms with Crippen LogP contribution in [0.5, 0.6) is 0 Å². The van der Waals surface area contributed by atoms with Gasteiger partial charge in [-0.3, -0.25) is 9.32 Å². The van der Waals surface area contributed by atoms with E-state index in [-0.39, 0.29) is 12.5 Å². The van der Waals surface area contributed by atoms with Crippen molar-refractivity contribution in [3.63, 3.8) is 0 Å². The normalized spacial score (nSPS) is 10.5. The maximum Gasteiger partial charge on any atom is 0.431 e. The molecule has 100 valence electrons. The zero-order chi connectivity index (χ0) is 14.0. The summed E-state index contributed by atoms with van der Waals surface area (Å²) in [5, 5.41) is 2.42. The molecule has 1 aromatic carbocycles. The van der Waals surface area contributed by atoms with Crippen molar-refractivity contribution < 1.29 is 14.0 Å². The van der Waals surface area contributed by atoms with Crippen LogP contribution in [0.2, 0.25) is 0 Å². The Kier molecular flexibility index (Phi) is 3.50. The van der Waals surface area contributed by atoms with Crippen LogP contribution in [0.3, 0.4) is 0 Å². The predicted octanol–water partition coefficient (Wildman–Crippen LogP) is 0.373. The second-order valence-electron chi connectivity index (χ2n) is 4.46. The highest BCUT2D eigenvalue weighted by atomic mass is 16.5. The van der Waals surface area contributed by atoms with Gasteiger partial charge in [0, 0.05) is 12.6 Å². The molecule has 1 N–H and O–H groups in total. The molecule has 0 aliphatic rings. The van der Waals surface area contributed by atoms with Crippen molar-refractivity contribution in [2.75, 3.05) is 7.05 Å². The highest BCUT2D eigenvalue weighted by molar-refractivity contribution is 5.95. The molecule has 0 unspecified atom stereocenters. The lowest BCUT2D eigenvalue weighted by atomic mass is 10.1. The first kappa shape index (κ1) is 13.1. The van der Waals surface area contributed by atoms with Crippen molar-refractivity contribution in [2.24, 2.45) is 7.05 Å². The molecule has 0 bridgehead atoms. The van der Waals surface area contributed by atoms with E-state index in [0.29, 0.717) is 11.3 Å². The van der Waals surface area contributed by atoms with Gasteiger partial charge in [-0.25, -0.2) is 4.79 Å². The number of hydrogen-bond acceptors (Lipinski definition) is 3. The molecule has 2 rings (SSSR count). The molecule has 6 nitrogen and oxygen atoms in total. The highest BCUT2D eigenvalue weighted by Gasteiger charge is 2.22. The first-order chi connectivity index (χ1) is 9.00. The zero-order valence-electron chi connectivity index (χ0n) is 11.1. The Morgan fingerprint density at radius 1 is 1.42 bits per heavy atom. The molecule has 0 aliphatic carbocycles. The molecule has 0 radical (unpaired) electrons. The van der Waals surface area contributed by atoms with Gasteiger partial charge in [-0.15, -0.1) is 0 Å². The van der Waals surface area contributed by atoms with Crippen LogP contribution in [0.1, 0.15) is 21.6 Å². The fourth-order valence-electron chi connectivity index (χ4n) is 1.85. The Hall–Kier alpha value is -2.37. The minimum atomic E-state index is -0.466. The summed E-state index contributed by atoms with van der Waals surface area (Å²) in [4.78, 5) is 25.2. The van der Waals surface area contributed by atoms with E-state index in [1.54, 1.807) is 20.2 Å². The quantitative estimate of drug-likeness (QED) is 0.813. The fraction of sp³-hybridized carbons (Fsp3) is 0.308. The van der Waals surface area contributed by atoms with E-state index in [0.717, 1.165) is 5.56 Å². The van der Waals surface area contributed by atoms with Gasteiger partial charge in [0.1, 0.15) is 6.54 Å². The molecule has 0 aliphatic heterocycles. The van der Waals surface area contributed by atoms with E-state index in [2.05, 4.69) is 9.79 Å². The Morgan fingerprint density at radius 2 is 2.11 bits per heavy atom. The number of rotatable bonds is 3. The van der Waals surface area contributed by atoms with Gasteiger partial charge in [0.25, 0.3) is 5.91 Å². The smallest absolute Gasteiger partial charge is 0.331 e. The lowest BCUT2D eigenvalue weighted by Crippen LogP contribution is -2.40. The molecule has 1 aromatic heterocycles. The highest BCUT2D eigenvalue weighted by Crippen LogP contribution is 2.10. The average Bonchev–Trinajstić information content (AvgIpc) is 2.70. The maximum absolute atomic E-state index is 12.3. The van der Waals surface area contributed by atoms with Gasteiger partial charge in [0.15, 0.2) is 7.05 Å². The molecular formula is C13H16N3O3+. The molecule has 19 heavy (non-hydrogen) atoms. The fourth-order valence-corrected chi connectivity index (χ4v) is 1.85. The van der Waals surface area contributed by atoms with E-state index in [1.165, 1.54) is 9.58 Å². The first-order valence-corrected chi connectivity index (χ1v) is 5.88. The Morgan fingerprint density at radius 3 is 2.68 bits per heavy atom. The van der Waals surface area contributed by atoms with Gasteiger partial charge in [-0.1, -0.05) is 22.9 Å². The van der Waals surface area contributed by atoms with Gasteiger partial charge in [-0.2, -0.15) is 0 Å². The predicted molar refractivity (Wildman–Crippen MR) is 67.5 cm³/mol. The van der Waals surface area contributed by atoms with E-state index in [4.69, 9.17) is 0 Å². The first-order valence-electron chi connectivity index (χ1n) is 5.88. The molecule has 0 saturated heterocycles. The van der Waals surface area contributed by atoms with Gasteiger partial charge in [-0.05, 0) is 23.8 Å². The number of amides is 1. The summed E-state index contributed by atoms with van der Waals surface area (Å²) in [6, 6.07) is 7.35. The van der Waals surface area contributed by atoms with E-state index >= 15 is 0 Å². The number of H-pyrrole nitrogens is 1. The molecule has 1 amide bonds. The molecule has 2 aromatic rings. The van der Waals surface area contributed by atoms with Crippen molar-refractivity contribution in [1.29, 1.82) is 0 Å². The molecule has 1 heterocycles. The van der Waals surface area contributed by atoms with Crippen molar-refractivity contribution in [1.82, 2.24) is 10.2 Å². The van der Waals surface area contributed by atoms with Crippen LogP contribution in [0.25, 0.3) is 0 Å². The minimum absolute atomic E-state index is 0.126. The molecular weight excluding hydrogens is 246 g/mol. The Balaban J connectivity index is 2.22. The van der Waals surface area contributed by atoms with Crippen molar-refractivity contribution in [3.8, 4) is 0 Å². The number of hydrogen-bond donors (Lipinski definition) is 1. The van der Waals surface area contributed by atoms with Crippen LogP contribution in [0, 0.1) is 6.92 Å². The van der Waals surface area contributed by atoms with Gasteiger partial charge < -0.3 is 4.90 Å². The number of benzene rings is 1. The summed E-state index contributed by atoms with van der Waals surface area (Å²) in [6.07, 6.45) is 0. The molecule has 0 saturated carbocycles. The second-order valence-corrected chi connectivity index (χ2v) is 4.46.